The molecule has 0 unspecified atom stereocenters. The molecular weight excluding hydrogens is 337 g/mol. The Morgan fingerprint density at radius 2 is 1.96 bits per heavy atom. The lowest BCUT2D eigenvalue weighted by Crippen LogP contribution is -2.25. The van der Waals surface area contributed by atoms with Crippen LogP contribution in [0.25, 0.3) is 5.69 Å². The van der Waals surface area contributed by atoms with E-state index in [9.17, 15) is 22.8 Å². The molecule has 25 heavy (non-hydrogen) atoms. The summed E-state index contributed by atoms with van der Waals surface area (Å²) < 4.78 is 44.7. The summed E-state index contributed by atoms with van der Waals surface area (Å²) in [7, 11) is 0. The van der Waals surface area contributed by atoms with E-state index in [1.807, 2.05) is 13.8 Å². The molecule has 0 spiro atoms. The lowest BCUT2D eigenvalue weighted by atomic mass is 10.2. The second kappa shape index (κ2) is 7.08. The topological polar surface area (TPSA) is 61.2 Å². The molecule has 0 N–H and O–H groups in total. The molecule has 0 fully saturated rings. The molecule has 0 atom stereocenters. The van der Waals surface area contributed by atoms with Crippen LogP contribution < -0.4 is 5.43 Å². The molecule has 0 amide bonds. The number of aromatic nitrogens is 2. The van der Waals surface area contributed by atoms with Crippen molar-refractivity contribution in [2.75, 3.05) is 6.61 Å². The lowest BCUT2D eigenvalue weighted by Gasteiger charge is -2.13. The van der Waals surface area contributed by atoms with Gasteiger partial charge in [-0.3, -0.25) is 4.79 Å². The Balaban J connectivity index is 2.48. The van der Waals surface area contributed by atoms with Gasteiger partial charge in [0.1, 0.15) is 0 Å². The van der Waals surface area contributed by atoms with Crippen LogP contribution in [0, 0.1) is 12.8 Å². The van der Waals surface area contributed by atoms with Crippen molar-refractivity contribution in [2.24, 2.45) is 5.92 Å². The van der Waals surface area contributed by atoms with E-state index in [0.29, 0.717) is 5.69 Å². The summed E-state index contributed by atoms with van der Waals surface area (Å²) >= 11 is 0. The van der Waals surface area contributed by atoms with Gasteiger partial charge in [0.05, 0.1) is 17.9 Å². The first-order chi connectivity index (χ1) is 11.6. The number of ether oxygens (including phenoxy) is 1. The Hall–Kier alpha value is -2.64. The molecule has 1 heterocycles. The molecule has 134 valence electrons. The standard InChI is InChI=1S/C17H17F3N2O3/c1-10(2)9-25-16(24)15-14(23)7-11(3)22(21-15)13-6-4-5-12(8-13)17(18,19)20/h4-8,10H,9H2,1-3H3. The first-order valence-corrected chi connectivity index (χ1v) is 7.55. The molecule has 0 aliphatic rings. The fourth-order valence-corrected chi connectivity index (χ4v) is 2.07. The average molecular weight is 354 g/mol. The van der Waals surface area contributed by atoms with Crippen molar-refractivity contribution in [3.8, 4) is 5.69 Å². The van der Waals surface area contributed by atoms with Gasteiger partial charge in [-0.1, -0.05) is 19.9 Å². The monoisotopic (exact) mass is 354 g/mol. The molecule has 1 aromatic heterocycles. The molecule has 2 rings (SSSR count). The maximum atomic E-state index is 12.9. The van der Waals surface area contributed by atoms with E-state index in [4.69, 9.17) is 4.74 Å². The Kier molecular flexibility index (Phi) is 5.30. The van der Waals surface area contributed by atoms with Crippen LogP contribution in [-0.4, -0.2) is 22.4 Å². The number of carbonyl (C=O) groups excluding carboxylic acids is 1. The smallest absolute Gasteiger partial charge is 0.416 e. The van der Waals surface area contributed by atoms with Crippen molar-refractivity contribution in [3.05, 3.63) is 57.5 Å². The van der Waals surface area contributed by atoms with Crippen LogP contribution in [0.2, 0.25) is 0 Å². The number of carbonyl (C=O) groups is 1. The predicted octanol–water partition coefficient (Wildman–Crippen LogP) is 3.37. The number of rotatable bonds is 4. The Labute approximate surface area is 142 Å². The highest BCUT2D eigenvalue weighted by Gasteiger charge is 2.30. The normalized spacial score (nSPS) is 11.6. The van der Waals surface area contributed by atoms with Crippen LogP contribution in [0.5, 0.6) is 0 Å². The Morgan fingerprint density at radius 1 is 1.28 bits per heavy atom. The highest BCUT2D eigenvalue weighted by molar-refractivity contribution is 5.86. The third-order valence-electron chi connectivity index (χ3n) is 3.27. The summed E-state index contributed by atoms with van der Waals surface area (Å²) in [6, 6.07) is 5.60. The second-order valence-corrected chi connectivity index (χ2v) is 5.95. The fraction of sp³-hybridized carbons (Fsp3) is 0.353. The van der Waals surface area contributed by atoms with Crippen LogP contribution in [-0.2, 0) is 10.9 Å². The van der Waals surface area contributed by atoms with Crippen LogP contribution in [0.4, 0.5) is 13.2 Å². The van der Waals surface area contributed by atoms with Gasteiger partial charge in [0.15, 0.2) is 0 Å². The van der Waals surface area contributed by atoms with E-state index in [-0.39, 0.29) is 18.2 Å². The number of aryl methyl sites for hydroxylation is 1. The number of alkyl halides is 3. The predicted molar refractivity (Wildman–Crippen MR) is 84.7 cm³/mol. The van der Waals surface area contributed by atoms with Gasteiger partial charge in [-0.05, 0) is 31.0 Å². The van der Waals surface area contributed by atoms with Gasteiger partial charge < -0.3 is 4.74 Å². The van der Waals surface area contributed by atoms with Gasteiger partial charge in [0.2, 0.25) is 11.1 Å². The number of hydrogen-bond donors (Lipinski definition) is 0. The van der Waals surface area contributed by atoms with Crippen LogP contribution in [0.3, 0.4) is 0 Å². The Morgan fingerprint density at radius 3 is 2.56 bits per heavy atom. The fourth-order valence-electron chi connectivity index (χ4n) is 2.07. The zero-order chi connectivity index (χ0) is 18.8. The Bertz CT molecular complexity index is 842. The van der Waals surface area contributed by atoms with Crippen molar-refractivity contribution >= 4 is 5.97 Å². The third kappa shape index (κ3) is 4.46. The molecule has 0 saturated carbocycles. The highest BCUT2D eigenvalue weighted by Crippen LogP contribution is 2.30. The van der Waals surface area contributed by atoms with E-state index < -0.39 is 28.8 Å². The van der Waals surface area contributed by atoms with Crippen molar-refractivity contribution in [1.29, 1.82) is 0 Å². The third-order valence-corrected chi connectivity index (χ3v) is 3.27. The molecule has 5 nitrogen and oxygen atoms in total. The van der Waals surface area contributed by atoms with Gasteiger partial charge in [0.25, 0.3) is 0 Å². The molecule has 0 saturated heterocycles. The van der Waals surface area contributed by atoms with Crippen molar-refractivity contribution in [1.82, 2.24) is 9.78 Å². The molecule has 0 aliphatic heterocycles. The summed E-state index contributed by atoms with van der Waals surface area (Å²) in [6.07, 6.45) is -4.51. The van der Waals surface area contributed by atoms with Gasteiger partial charge in [0, 0.05) is 11.8 Å². The first kappa shape index (κ1) is 18.7. The van der Waals surface area contributed by atoms with E-state index in [2.05, 4.69) is 5.10 Å². The van der Waals surface area contributed by atoms with E-state index in [1.165, 1.54) is 19.1 Å². The first-order valence-electron chi connectivity index (χ1n) is 7.55. The van der Waals surface area contributed by atoms with Crippen LogP contribution >= 0.6 is 0 Å². The molecule has 8 heteroatoms. The number of hydrogen-bond acceptors (Lipinski definition) is 4. The quantitative estimate of drug-likeness (QED) is 0.790. The summed E-state index contributed by atoms with van der Waals surface area (Å²) in [5.74, 6) is -0.834. The minimum absolute atomic E-state index is 0.0695. The minimum Gasteiger partial charge on any atom is -0.461 e. The minimum atomic E-state index is -4.51. The number of benzene rings is 1. The van der Waals surface area contributed by atoms with Gasteiger partial charge in [-0.15, -0.1) is 0 Å². The maximum Gasteiger partial charge on any atom is 0.416 e. The zero-order valence-electron chi connectivity index (χ0n) is 13.9. The average Bonchev–Trinajstić information content (AvgIpc) is 2.52. The van der Waals surface area contributed by atoms with E-state index >= 15 is 0 Å². The number of halogens is 3. The summed E-state index contributed by atoms with van der Waals surface area (Å²) in [4.78, 5) is 24.0. The summed E-state index contributed by atoms with van der Waals surface area (Å²) in [5.41, 5.74) is -1.58. The largest absolute Gasteiger partial charge is 0.461 e. The highest BCUT2D eigenvalue weighted by atomic mass is 19.4. The van der Waals surface area contributed by atoms with Gasteiger partial charge in [-0.2, -0.15) is 18.3 Å². The molecule has 0 radical (unpaired) electrons. The molecule has 0 bridgehead atoms. The number of nitrogens with zero attached hydrogens (tertiary/aromatic N) is 2. The molecule has 0 aliphatic carbocycles. The van der Waals surface area contributed by atoms with Gasteiger partial charge >= 0.3 is 12.1 Å². The van der Waals surface area contributed by atoms with Crippen LogP contribution in [0.15, 0.2) is 35.1 Å². The van der Waals surface area contributed by atoms with Gasteiger partial charge in [-0.25, -0.2) is 9.48 Å². The van der Waals surface area contributed by atoms with E-state index in [1.54, 1.807) is 0 Å². The molecule has 2 aromatic rings. The van der Waals surface area contributed by atoms with Crippen LogP contribution in [0.1, 0.15) is 35.6 Å². The molecular formula is C17H17F3N2O3. The van der Waals surface area contributed by atoms with Crippen molar-refractivity contribution < 1.29 is 22.7 Å². The zero-order valence-corrected chi connectivity index (χ0v) is 13.9. The SMILES string of the molecule is Cc1cc(=O)c(C(=O)OCC(C)C)nn1-c1cccc(C(F)(F)F)c1. The lowest BCUT2D eigenvalue weighted by molar-refractivity contribution is -0.137. The molecule has 1 aromatic carbocycles. The second-order valence-electron chi connectivity index (χ2n) is 5.95. The van der Waals surface area contributed by atoms with Crippen molar-refractivity contribution in [2.45, 2.75) is 26.9 Å². The maximum absolute atomic E-state index is 12.9. The van der Waals surface area contributed by atoms with E-state index in [0.717, 1.165) is 22.9 Å². The summed E-state index contributed by atoms with van der Waals surface area (Å²) in [5, 5.41) is 3.91. The summed E-state index contributed by atoms with van der Waals surface area (Å²) in [6.45, 7) is 5.28. The number of esters is 1. The van der Waals surface area contributed by atoms with Crippen molar-refractivity contribution in [3.63, 3.8) is 0 Å².